The van der Waals surface area contributed by atoms with Gasteiger partial charge in [-0.15, -0.1) is 0 Å². The van der Waals surface area contributed by atoms with Crippen LogP contribution in [-0.2, 0) is 0 Å². The molecular formula is C16H18FNO. The van der Waals surface area contributed by atoms with E-state index in [1.165, 1.54) is 12.1 Å². The molecule has 0 aliphatic rings. The minimum Gasteiger partial charge on any atom is -0.497 e. The summed E-state index contributed by atoms with van der Waals surface area (Å²) in [4.78, 5) is 0. The molecule has 100 valence electrons. The fraction of sp³-hybridized carbons (Fsp3) is 0.250. The van der Waals surface area contributed by atoms with Crippen molar-refractivity contribution in [2.75, 3.05) is 13.7 Å². The molecule has 2 nitrogen and oxygen atoms in total. The summed E-state index contributed by atoms with van der Waals surface area (Å²) in [5, 5.41) is 0. The molecule has 2 aromatic carbocycles. The molecule has 0 aliphatic carbocycles. The smallest absolute Gasteiger partial charge is 0.123 e. The fourth-order valence-electron chi connectivity index (χ4n) is 2.25. The topological polar surface area (TPSA) is 35.2 Å². The first-order valence-corrected chi connectivity index (χ1v) is 6.34. The van der Waals surface area contributed by atoms with Crippen LogP contribution >= 0.6 is 0 Å². The van der Waals surface area contributed by atoms with Crippen LogP contribution in [0.15, 0.2) is 48.5 Å². The van der Waals surface area contributed by atoms with E-state index in [2.05, 4.69) is 0 Å². The van der Waals surface area contributed by atoms with Crippen molar-refractivity contribution in [2.45, 2.75) is 12.3 Å². The van der Waals surface area contributed by atoms with Gasteiger partial charge in [0.2, 0.25) is 0 Å². The molecule has 2 aromatic rings. The predicted octanol–water partition coefficient (Wildman–Crippen LogP) is 3.32. The molecule has 0 heterocycles. The van der Waals surface area contributed by atoms with E-state index in [-0.39, 0.29) is 11.7 Å². The van der Waals surface area contributed by atoms with Crippen molar-refractivity contribution >= 4 is 0 Å². The number of hydrogen-bond donors (Lipinski definition) is 1. The molecular weight excluding hydrogens is 241 g/mol. The summed E-state index contributed by atoms with van der Waals surface area (Å²) in [7, 11) is 1.65. The molecule has 3 heteroatoms. The number of halogens is 1. The lowest BCUT2D eigenvalue weighted by molar-refractivity contribution is 0.414. The average molecular weight is 259 g/mol. The highest BCUT2D eigenvalue weighted by molar-refractivity contribution is 5.37. The van der Waals surface area contributed by atoms with Crippen LogP contribution in [0.5, 0.6) is 5.75 Å². The zero-order chi connectivity index (χ0) is 13.7. The molecule has 0 amide bonds. The number of nitrogens with two attached hydrogens (primary N) is 1. The number of hydrogen-bond acceptors (Lipinski definition) is 2. The van der Waals surface area contributed by atoms with E-state index in [0.29, 0.717) is 6.54 Å². The van der Waals surface area contributed by atoms with Crippen LogP contribution in [0.2, 0.25) is 0 Å². The molecule has 0 saturated heterocycles. The van der Waals surface area contributed by atoms with Crippen LogP contribution in [0.3, 0.4) is 0 Å². The van der Waals surface area contributed by atoms with Crippen LogP contribution in [0, 0.1) is 5.82 Å². The van der Waals surface area contributed by atoms with Gasteiger partial charge in [-0.3, -0.25) is 0 Å². The van der Waals surface area contributed by atoms with Gasteiger partial charge in [0.15, 0.2) is 0 Å². The molecule has 19 heavy (non-hydrogen) atoms. The molecule has 0 aromatic heterocycles. The van der Waals surface area contributed by atoms with Crippen molar-refractivity contribution in [2.24, 2.45) is 5.73 Å². The fourth-order valence-corrected chi connectivity index (χ4v) is 2.25. The summed E-state index contributed by atoms with van der Waals surface area (Å²) in [5.41, 5.74) is 7.90. The van der Waals surface area contributed by atoms with Crippen LogP contribution in [0.25, 0.3) is 0 Å². The summed E-state index contributed by atoms with van der Waals surface area (Å²) < 4.78 is 18.3. The summed E-state index contributed by atoms with van der Waals surface area (Å²) >= 11 is 0. The second-order valence-corrected chi connectivity index (χ2v) is 4.46. The maximum atomic E-state index is 13.0. The molecule has 1 atom stereocenters. The molecule has 0 aliphatic heterocycles. The van der Waals surface area contributed by atoms with E-state index in [1.54, 1.807) is 7.11 Å². The van der Waals surface area contributed by atoms with E-state index >= 15 is 0 Å². The standard InChI is InChI=1S/C16H18FNO/c1-19-15-4-2-3-13(11-15)16(9-10-18)12-5-7-14(17)8-6-12/h2-8,11,16H,9-10,18H2,1H3. The van der Waals surface area contributed by atoms with Crippen molar-refractivity contribution in [1.29, 1.82) is 0 Å². The Labute approximate surface area is 113 Å². The van der Waals surface area contributed by atoms with Gasteiger partial charge in [-0.1, -0.05) is 24.3 Å². The van der Waals surface area contributed by atoms with Gasteiger partial charge in [0.1, 0.15) is 11.6 Å². The van der Waals surface area contributed by atoms with E-state index in [1.807, 2.05) is 36.4 Å². The zero-order valence-electron chi connectivity index (χ0n) is 11.0. The van der Waals surface area contributed by atoms with Gasteiger partial charge in [-0.2, -0.15) is 0 Å². The average Bonchev–Trinajstić information content (AvgIpc) is 2.46. The Kier molecular flexibility index (Phi) is 4.53. The lowest BCUT2D eigenvalue weighted by atomic mass is 9.88. The third-order valence-electron chi connectivity index (χ3n) is 3.22. The van der Waals surface area contributed by atoms with Crippen LogP contribution in [0.4, 0.5) is 4.39 Å². The van der Waals surface area contributed by atoms with E-state index in [4.69, 9.17) is 10.5 Å². The van der Waals surface area contributed by atoms with Crippen molar-refractivity contribution < 1.29 is 9.13 Å². The van der Waals surface area contributed by atoms with Crippen molar-refractivity contribution in [3.8, 4) is 5.75 Å². The number of rotatable bonds is 5. The largest absolute Gasteiger partial charge is 0.497 e. The lowest BCUT2D eigenvalue weighted by Gasteiger charge is -2.18. The molecule has 2 rings (SSSR count). The minimum absolute atomic E-state index is 0.167. The molecule has 2 N–H and O–H groups in total. The first kappa shape index (κ1) is 13.6. The molecule has 0 spiro atoms. The minimum atomic E-state index is -0.221. The first-order chi connectivity index (χ1) is 9.24. The van der Waals surface area contributed by atoms with Gasteiger partial charge in [0, 0.05) is 5.92 Å². The highest BCUT2D eigenvalue weighted by Crippen LogP contribution is 2.29. The monoisotopic (exact) mass is 259 g/mol. The summed E-state index contributed by atoms with van der Waals surface area (Å²) in [6.07, 6.45) is 0.818. The molecule has 1 unspecified atom stereocenters. The summed E-state index contributed by atoms with van der Waals surface area (Å²) in [5.74, 6) is 0.767. The zero-order valence-corrected chi connectivity index (χ0v) is 11.0. The van der Waals surface area contributed by atoms with E-state index in [0.717, 1.165) is 23.3 Å². The van der Waals surface area contributed by atoms with Crippen molar-refractivity contribution in [1.82, 2.24) is 0 Å². The number of methoxy groups -OCH3 is 1. The van der Waals surface area contributed by atoms with E-state index < -0.39 is 0 Å². The van der Waals surface area contributed by atoms with Crippen molar-refractivity contribution in [3.05, 3.63) is 65.5 Å². The molecule has 0 saturated carbocycles. The highest BCUT2D eigenvalue weighted by atomic mass is 19.1. The third kappa shape index (κ3) is 3.32. The van der Waals surface area contributed by atoms with Gasteiger partial charge in [0.05, 0.1) is 7.11 Å². The number of benzene rings is 2. The normalized spacial score (nSPS) is 12.2. The molecule has 0 fully saturated rings. The summed E-state index contributed by atoms with van der Waals surface area (Å²) in [6.45, 7) is 0.583. The second-order valence-electron chi connectivity index (χ2n) is 4.46. The Morgan fingerprint density at radius 2 is 1.84 bits per heavy atom. The second kappa shape index (κ2) is 6.34. The highest BCUT2D eigenvalue weighted by Gasteiger charge is 2.14. The maximum absolute atomic E-state index is 13.0. The predicted molar refractivity (Wildman–Crippen MR) is 74.9 cm³/mol. The van der Waals surface area contributed by atoms with Crippen molar-refractivity contribution in [3.63, 3.8) is 0 Å². The van der Waals surface area contributed by atoms with Crippen LogP contribution < -0.4 is 10.5 Å². The number of ether oxygens (including phenoxy) is 1. The Morgan fingerprint density at radius 3 is 2.47 bits per heavy atom. The van der Waals surface area contributed by atoms with Gasteiger partial charge in [-0.25, -0.2) is 4.39 Å². The Hall–Kier alpha value is -1.87. The summed E-state index contributed by atoms with van der Waals surface area (Å²) in [6, 6.07) is 14.5. The maximum Gasteiger partial charge on any atom is 0.123 e. The Balaban J connectivity index is 2.35. The van der Waals surface area contributed by atoms with Crippen LogP contribution in [-0.4, -0.2) is 13.7 Å². The van der Waals surface area contributed by atoms with E-state index in [9.17, 15) is 4.39 Å². The van der Waals surface area contributed by atoms with Gasteiger partial charge in [0.25, 0.3) is 0 Å². The SMILES string of the molecule is COc1cccc(C(CCN)c2ccc(F)cc2)c1. The molecule has 0 bridgehead atoms. The van der Waals surface area contributed by atoms with Gasteiger partial charge >= 0.3 is 0 Å². The lowest BCUT2D eigenvalue weighted by Crippen LogP contribution is -2.09. The quantitative estimate of drug-likeness (QED) is 0.894. The Morgan fingerprint density at radius 1 is 1.11 bits per heavy atom. The van der Waals surface area contributed by atoms with Gasteiger partial charge < -0.3 is 10.5 Å². The third-order valence-corrected chi connectivity index (χ3v) is 3.22. The first-order valence-electron chi connectivity index (χ1n) is 6.34. The molecule has 0 radical (unpaired) electrons. The van der Waals surface area contributed by atoms with Crippen LogP contribution in [0.1, 0.15) is 23.5 Å². The Bertz CT molecular complexity index is 525. The van der Waals surface area contributed by atoms with Gasteiger partial charge in [-0.05, 0) is 48.4 Å².